The predicted octanol–water partition coefficient (Wildman–Crippen LogP) is 3.53. The number of aliphatic carboxylic acids is 1. The van der Waals surface area contributed by atoms with Crippen molar-refractivity contribution < 1.29 is 9.90 Å². The molecule has 0 saturated carbocycles. The third-order valence-corrected chi connectivity index (χ3v) is 3.74. The fourth-order valence-corrected chi connectivity index (χ4v) is 2.38. The lowest BCUT2D eigenvalue weighted by atomic mass is 9.91. The number of carbonyl (C=O) groups is 1. The van der Waals surface area contributed by atoms with Crippen molar-refractivity contribution in [2.45, 2.75) is 19.8 Å². The number of pyridine rings is 1. The van der Waals surface area contributed by atoms with Crippen LogP contribution in [-0.2, 0) is 17.6 Å². The lowest BCUT2D eigenvalue weighted by molar-refractivity contribution is -0.141. The van der Waals surface area contributed by atoms with E-state index in [1.807, 2.05) is 31.2 Å². The zero-order valence-electron chi connectivity index (χ0n) is 11.2. The van der Waals surface area contributed by atoms with E-state index in [0.29, 0.717) is 17.9 Å². The van der Waals surface area contributed by atoms with E-state index in [2.05, 4.69) is 4.98 Å². The largest absolute Gasteiger partial charge is 0.481 e. The Kier molecular flexibility index (Phi) is 4.74. The molecule has 0 aliphatic heterocycles. The molecule has 0 bridgehead atoms. The average Bonchev–Trinajstić information content (AvgIpc) is 2.42. The van der Waals surface area contributed by atoms with Crippen molar-refractivity contribution in [3.63, 3.8) is 0 Å². The van der Waals surface area contributed by atoms with E-state index in [4.69, 9.17) is 11.6 Å². The maximum atomic E-state index is 11.5. The maximum absolute atomic E-state index is 11.5. The molecule has 2 aromatic rings. The van der Waals surface area contributed by atoms with Crippen LogP contribution in [-0.4, -0.2) is 16.1 Å². The van der Waals surface area contributed by atoms with Crippen LogP contribution in [0.2, 0.25) is 5.02 Å². The van der Waals surface area contributed by atoms with Crippen LogP contribution >= 0.6 is 11.6 Å². The molecule has 0 fully saturated rings. The van der Waals surface area contributed by atoms with Gasteiger partial charge in [-0.05, 0) is 42.5 Å². The van der Waals surface area contributed by atoms with Crippen LogP contribution in [0.1, 0.15) is 16.7 Å². The Morgan fingerprint density at radius 1 is 1.25 bits per heavy atom. The van der Waals surface area contributed by atoms with Crippen LogP contribution in [0.15, 0.2) is 42.7 Å². The van der Waals surface area contributed by atoms with Gasteiger partial charge in [-0.25, -0.2) is 0 Å². The summed E-state index contributed by atoms with van der Waals surface area (Å²) in [4.78, 5) is 15.4. The first kappa shape index (κ1) is 14.5. The quantitative estimate of drug-likeness (QED) is 0.916. The van der Waals surface area contributed by atoms with Gasteiger partial charge in [-0.3, -0.25) is 9.78 Å². The Morgan fingerprint density at radius 2 is 1.95 bits per heavy atom. The van der Waals surface area contributed by atoms with E-state index < -0.39 is 11.9 Å². The molecular weight excluding hydrogens is 274 g/mol. The zero-order valence-corrected chi connectivity index (χ0v) is 12.0. The van der Waals surface area contributed by atoms with Crippen molar-refractivity contribution in [2.24, 2.45) is 5.92 Å². The Labute approximate surface area is 123 Å². The summed E-state index contributed by atoms with van der Waals surface area (Å²) >= 11 is 6.05. The first-order chi connectivity index (χ1) is 9.58. The highest BCUT2D eigenvalue weighted by atomic mass is 35.5. The van der Waals surface area contributed by atoms with Gasteiger partial charge in [-0.15, -0.1) is 0 Å². The standard InChI is InChI=1S/C16H16ClNO2/c1-11-4-2-3-5-12(11)8-14(16(19)20)9-13-6-7-18-10-15(13)17/h2-7,10,14H,8-9H2,1H3,(H,19,20). The average molecular weight is 290 g/mol. The zero-order chi connectivity index (χ0) is 14.5. The van der Waals surface area contributed by atoms with Crippen molar-refractivity contribution in [3.8, 4) is 0 Å². The number of halogens is 1. The first-order valence-electron chi connectivity index (χ1n) is 6.43. The molecule has 2 rings (SSSR count). The molecule has 0 amide bonds. The van der Waals surface area contributed by atoms with Crippen LogP contribution in [0.5, 0.6) is 0 Å². The molecule has 0 radical (unpaired) electrons. The summed E-state index contributed by atoms with van der Waals surface area (Å²) in [5, 5.41) is 9.94. The summed E-state index contributed by atoms with van der Waals surface area (Å²) in [6.07, 6.45) is 4.09. The van der Waals surface area contributed by atoms with Crippen LogP contribution in [0.3, 0.4) is 0 Å². The molecule has 1 aromatic carbocycles. The van der Waals surface area contributed by atoms with Crippen molar-refractivity contribution in [3.05, 3.63) is 64.4 Å². The number of hydrogen-bond acceptors (Lipinski definition) is 2. The third-order valence-electron chi connectivity index (χ3n) is 3.40. The molecule has 1 atom stereocenters. The summed E-state index contributed by atoms with van der Waals surface area (Å²) in [5.74, 6) is -1.29. The Morgan fingerprint density at radius 3 is 2.60 bits per heavy atom. The second-order valence-electron chi connectivity index (χ2n) is 4.84. The normalized spacial score (nSPS) is 12.1. The monoisotopic (exact) mass is 289 g/mol. The predicted molar refractivity (Wildman–Crippen MR) is 79.0 cm³/mol. The molecule has 1 aromatic heterocycles. The fraction of sp³-hybridized carbons (Fsp3) is 0.250. The van der Waals surface area contributed by atoms with E-state index in [9.17, 15) is 9.90 Å². The molecule has 0 aliphatic rings. The topological polar surface area (TPSA) is 50.2 Å². The van der Waals surface area contributed by atoms with Crippen molar-refractivity contribution in [1.29, 1.82) is 0 Å². The molecule has 3 nitrogen and oxygen atoms in total. The SMILES string of the molecule is Cc1ccccc1CC(Cc1ccncc1Cl)C(=O)O. The Balaban J connectivity index is 2.19. The highest BCUT2D eigenvalue weighted by molar-refractivity contribution is 6.31. The number of benzene rings is 1. The van der Waals surface area contributed by atoms with Gasteiger partial charge in [0.1, 0.15) is 0 Å². The Hall–Kier alpha value is -1.87. The van der Waals surface area contributed by atoms with Crippen LogP contribution in [0.4, 0.5) is 0 Å². The van der Waals surface area contributed by atoms with E-state index >= 15 is 0 Å². The number of nitrogens with zero attached hydrogens (tertiary/aromatic N) is 1. The van der Waals surface area contributed by atoms with Gasteiger partial charge in [0, 0.05) is 12.4 Å². The maximum Gasteiger partial charge on any atom is 0.307 e. The Bertz CT molecular complexity index is 565. The molecule has 20 heavy (non-hydrogen) atoms. The highest BCUT2D eigenvalue weighted by Gasteiger charge is 2.20. The van der Waals surface area contributed by atoms with Crippen molar-refractivity contribution in [1.82, 2.24) is 4.98 Å². The first-order valence-corrected chi connectivity index (χ1v) is 6.81. The number of aryl methyl sites for hydroxylation is 1. The lowest BCUT2D eigenvalue weighted by Crippen LogP contribution is -2.19. The number of hydrogen-bond donors (Lipinski definition) is 1. The van der Waals surface area contributed by atoms with Crippen LogP contribution in [0.25, 0.3) is 0 Å². The second-order valence-corrected chi connectivity index (χ2v) is 5.24. The van der Waals surface area contributed by atoms with Gasteiger partial charge in [0.25, 0.3) is 0 Å². The van der Waals surface area contributed by atoms with Crippen molar-refractivity contribution in [2.75, 3.05) is 0 Å². The fourth-order valence-electron chi connectivity index (χ4n) is 2.19. The van der Waals surface area contributed by atoms with E-state index in [-0.39, 0.29) is 0 Å². The van der Waals surface area contributed by atoms with Gasteiger partial charge >= 0.3 is 5.97 Å². The lowest BCUT2D eigenvalue weighted by Gasteiger charge is -2.14. The van der Waals surface area contributed by atoms with Gasteiger partial charge in [0.05, 0.1) is 10.9 Å². The third kappa shape index (κ3) is 3.58. The number of aromatic nitrogens is 1. The minimum atomic E-state index is -0.805. The van der Waals surface area contributed by atoms with E-state index in [0.717, 1.165) is 16.7 Å². The molecule has 1 heterocycles. The summed E-state index contributed by atoms with van der Waals surface area (Å²) in [6, 6.07) is 9.62. The highest BCUT2D eigenvalue weighted by Crippen LogP contribution is 2.21. The van der Waals surface area contributed by atoms with Gasteiger partial charge in [-0.2, -0.15) is 0 Å². The minimum Gasteiger partial charge on any atom is -0.481 e. The summed E-state index contributed by atoms with van der Waals surface area (Å²) in [5.41, 5.74) is 2.99. The van der Waals surface area contributed by atoms with Gasteiger partial charge < -0.3 is 5.11 Å². The molecule has 1 unspecified atom stereocenters. The summed E-state index contributed by atoms with van der Waals surface area (Å²) in [7, 11) is 0. The summed E-state index contributed by atoms with van der Waals surface area (Å²) < 4.78 is 0. The molecule has 4 heteroatoms. The molecule has 0 saturated heterocycles. The number of rotatable bonds is 5. The number of carboxylic acid groups (broad SMARTS) is 1. The minimum absolute atomic E-state index is 0.408. The van der Waals surface area contributed by atoms with Crippen LogP contribution < -0.4 is 0 Å². The van der Waals surface area contributed by atoms with Crippen molar-refractivity contribution >= 4 is 17.6 Å². The second kappa shape index (κ2) is 6.53. The molecule has 1 N–H and O–H groups in total. The smallest absolute Gasteiger partial charge is 0.307 e. The van der Waals surface area contributed by atoms with E-state index in [1.165, 1.54) is 0 Å². The van der Waals surface area contributed by atoms with E-state index in [1.54, 1.807) is 18.5 Å². The van der Waals surface area contributed by atoms with Gasteiger partial charge in [0.15, 0.2) is 0 Å². The molecular formula is C16H16ClNO2. The van der Waals surface area contributed by atoms with Crippen LogP contribution in [0, 0.1) is 12.8 Å². The van der Waals surface area contributed by atoms with Gasteiger partial charge in [-0.1, -0.05) is 35.9 Å². The molecule has 104 valence electrons. The number of carboxylic acids is 1. The van der Waals surface area contributed by atoms with Gasteiger partial charge in [0.2, 0.25) is 0 Å². The summed E-state index contributed by atoms with van der Waals surface area (Å²) in [6.45, 7) is 1.99. The molecule has 0 aliphatic carbocycles. The molecule has 0 spiro atoms.